The second kappa shape index (κ2) is 7.68. The molecule has 0 atom stereocenters. The fraction of sp³-hybridized carbons (Fsp3) is 0.316. The molecule has 0 aromatic heterocycles. The normalized spacial score (nSPS) is 10.4. The minimum atomic E-state index is -0.113. The van der Waals surface area contributed by atoms with E-state index in [2.05, 4.69) is 48.3 Å². The molecule has 122 valence electrons. The molecule has 1 amide bonds. The maximum absolute atomic E-state index is 11.4. The number of carbonyl (C=O) groups is 1. The average molecular weight is 311 g/mol. The largest absolute Gasteiger partial charge is 0.397 e. The predicted octanol–water partition coefficient (Wildman–Crippen LogP) is 3.82. The van der Waals surface area contributed by atoms with E-state index in [1.165, 1.54) is 18.1 Å². The van der Waals surface area contributed by atoms with Gasteiger partial charge < -0.3 is 16.0 Å². The molecule has 0 saturated carbocycles. The summed E-state index contributed by atoms with van der Waals surface area (Å²) in [5.41, 5.74) is 10.9. The van der Waals surface area contributed by atoms with Crippen molar-refractivity contribution < 1.29 is 4.79 Å². The van der Waals surface area contributed by atoms with Crippen molar-refractivity contribution in [1.82, 2.24) is 0 Å². The summed E-state index contributed by atoms with van der Waals surface area (Å²) in [5.74, 6) is -0.113. The first-order chi connectivity index (χ1) is 11.0. The van der Waals surface area contributed by atoms with Gasteiger partial charge in [-0.15, -0.1) is 0 Å². The molecular weight excluding hydrogens is 286 g/mol. The highest BCUT2D eigenvalue weighted by atomic mass is 16.1. The van der Waals surface area contributed by atoms with Gasteiger partial charge in [0.15, 0.2) is 0 Å². The van der Waals surface area contributed by atoms with E-state index in [1.807, 2.05) is 18.2 Å². The van der Waals surface area contributed by atoms with Crippen molar-refractivity contribution in [1.29, 1.82) is 0 Å². The molecule has 3 N–H and O–H groups in total. The second-order valence-electron chi connectivity index (χ2n) is 5.60. The predicted molar refractivity (Wildman–Crippen MR) is 97.7 cm³/mol. The van der Waals surface area contributed by atoms with Gasteiger partial charge in [-0.3, -0.25) is 4.79 Å². The smallest absolute Gasteiger partial charge is 0.221 e. The number of anilines is 3. The Morgan fingerprint density at radius 3 is 2.43 bits per heavy atom. The lowest BCUT2D eigenvalue weighted by atomic mass is 10.1. The Hall–Kier alpha value is -2.49. The van der Waals surface area contributed by atoms with Gasteiger partial charge in [-0.25, -0.2) is 0 Å². The topological polar surface area (TPSA) is 58.4 Å². The van der Waals surface area contributed by atoms with Crippen molar-refractivity contribution in [2.45, 2.75) is 33.7 Å². The fourth-order valence-electron chi connectivity index (χ4n) is 2.70. The first-order valence-electron chi connectivity index (χ1n) is 8.04. The van der Waals surface area contributed by atoms with Crippen LogP contribution in [0.4, 0.5) is 17.1 Å². The number of nitrogen functional groups attached to an aromatic ring is 1. The molecule has 0 heterocycles. The van der Waals surface area contributed by atoms with E-state index < -0.39 is 0 Å². The molecule has 0 fully saturated rings. The summed E-state index contributed by atoms with van der Waals surface area (Å²) < 4.78 is 0. The molecule has 2 rings (SSSR count). The minimum Gasteiger partial charge on any atom is -0.397 e. The molecule has 2 aromatic rings. The molecule has 0 unspecified atom stereocenters. The molecule has 0 aliphatic carbocycles. The number of hydrogen-bond acceptors (Lipinski definition) is 3. The molecule has 0 aliphatic heterocycles. The van der Waals surface area contributed by atoms with Crippen LogP contribution < -0.4 is 16.0 Å². The summed E-state index contributed by atoms with van der Waals surface area (Å²) in [4.78, 5) is 13.7. The number of benzene rings is 2. The lowest BCUT2D eigenvalue weighted by Gasteiger charge is -2.27. The number of amides is 1. The van der Waals surface area contributed by atoms with E-state index in [0.717, 1.165) is 25.2 Å². The summed E-state index contributed by atoms with van der Waals surface area (Å²) >= 11 is 0. The zero-order chi connectivity index (χ0) is 16.8. The van der Waals surface area contributed by atoms with Gasteiger partial charge in [0.05, 0.1) is 11.4 Å². The number of nitrogens with two attached hydrogens (primary N) is 1. The first kappa shape index (κ1) is 16.9. The molecule has 4 nitrogen and oxygen atoms in total. The number of nitrogens with zero attached hydrogens (tertiary/aromatic N) is 1. The van der Waals surface area contributed by atoms with E-state index in [4.69, 9.17) is 5.73 Å². The van der Waals surface area contributed by atoms with Gasteiger partial charge >= 0.3 is 0 Å². The summed E-state index contributed by atoms with van der Waals surface area (Å²) in [6, 6.07) is 14.3. The molecule has 0 radical (unpaired) electrons. The van der Waals surface area contributed by atoms with Crippen LogP contribution in [0.15, 0.2) is 42.5 Å². The van der Waals surface area contributed by atoms with Crippen LogP contribution in [0.25, 0.3) is 0 Å². The van der Waals surface area contributed by atoms with Crippen LogP contribution in [0.1, 0.15) is 31.9 Å². The van der Waals surface area contributed by atoms with Crippen molar-refractivity contribution in [3.05, 3.63) is 53.6 Å². The zero-order valence-electron chi connectivity index (χ0n) is 14.1. The Balaban J connectivity index is 2.39. The maximum Gasteiger partial charge on any atom is 0.221 e. The SMILES string of the molecule is CCc1cc(N)c(NC(C)=O)cc1N(CC)Cc1ccccc1. The van der Waals surface area contributed by atoms with E-state index in [1.54, 1.807) is 0 Å². The van der Waals surface area contributed by atoms with Gasteiger partial charge in [-0.05, 0) is 36.6 Å². The first-order valence-corrected chi connectivity index (χ1v) is 8.04. The highest BCUT2D eigenvalue weighted by Gasteiger charge is 2.13. The lowest BCUT2D eigenvalue weighted by Crippen LogP contribution is -2.24. The quantitative estimate of drug-likeness (QED) is 0.797. The van der Waals surface area contributed by atoms with Crippen LogP contribution in [0, 0.1) is 0 Å². The number of carbonyl (C=O) groups excluding carboxylic acids is 1. The molecule has 0 aliphatic rings. The van der Waals surface area contributed by atoms with Crippen molar-refractivity contribution in [3.63, 3.8) is 0 Å². The summed E-state index contributed by atoms with van der Waals surface area (Å²) in [6.45, 7) is 7.46. The van der Waals surface area contributed by atoms with Crippen molar-refractivity contribution in [2.75, 3.05) is 22.5 Å². The monoisotopic (exact) mass is 311 g/mol. The highest BCUT2D eigenvalue weighted by Crippen LogP contribution is 2.31. The molecule has 23 heavy (non-hydrogen) atoms. The van der Waals surface area contributed by atoms with Crippen LogP contribution in [-0.2, 0) is 17.8 Å². The number of aryl methyl sites for hydroxylation is 1. The van der Waals surface area contributed by atoms with Gasteiger partial charge in [0.1, 0.15) is 0 Å². The van der Waals surface area contributed by atoms with Gasteiger partial charge in [0.2, 0.25) is 5.91 Å². The molecular formula is C19H25N3O. The Morgan fingerprint density at radius 2 is 1.87 bits per heavy atom. The van der Waals surface area contributed by atoms with Crippen LogP contribution in [0.2, 0.25) is 0 Å². The summed E-state index contributed by atoms with van der Waals surface area (Å²) in [5, 5.41) is 2.82. The third-order valence-corrected chi connectivity index (χ3v) is 3.88. The van der Waals surface area contributed by atoms with E-state index in [9.17, 15) is 4.79 Å². The Bertz CT molecular complexity index is 668. The molecule has 0 spiro atoms. The maximum atomic E-state index is 11.4. The van der Waals surface area contributed by atoms with Crippen LogP contribution in [0.3, 0.4) is 0 Å². The number of rotatable bonds is 6. The molecule has 4 heteroatoms. The molecule has 2 aromatic carbocycles. The highest BCUT2D eigenvalue weighted by molar-refractivity contribution is 5.93. The second-order valence-corrected chi connectivity index (χ2v) is 5.60. The lowest BCUT2D eigenvalue weighted by molar-refractivity contribution is -0.114. The van der Waals surface area contributed by atoms with Gasteiger partial charge in [0, 0.05) is 25.7 Å². The Kier molecular flexibility index (Phi) is 5.63. The number of nitrogens with one attached hydrogen (secondary N) is 1. The third kappa shape index (κ3) is 4.25. The number of hydrogen-bond donors (Lipinski definition) is 2. The average Bonchev–Trinajstić information content (AvgIpc) is 2.55. The van der Waals surface area contributed by atoms with E-state index in [-0.39, 0.29) is 5.91 Å². The summed E-state index contributed by atoms with van der Waals surface area (Å²) in [6.07, 6.45) is 0.894. The minimum absolute atomic E-state index is 0.113. The summed E-state index contributed by atoms with van der Waals surface area (Å²) in [7, 11) is 0. The van der Waals surface area contributed by atoms with Crippen LogP contribution >= 0.6 is 0 Å². The van der Waals surface area contributed by atoms with Gasteiger partial charge in [-0.2, -0.15) is 0 Å². The van der Waals surface area contributed by atoms with Crippen molar-refractivity contribution in [2.24, 2.45) is 0 Å². The van der Waals surface area contributed by atoms with Crippen LogP contribution in [0.5, 0.6) is 0 Å². The molecule has 0 saturated heterocycles. The van der Waals surface area contributed by atoms with Crippen molar-refractivity contribution in [3.8, 4) is 0 Å². The standard InChI is InChI=1S/C19H25N3O/c1-4-16-11-17(20)18(21-14(3)23)12-19(16)22(5-2)13-15-9-7-6-8-10-15/h6-12H,4-5,13,20H2,1-3H3,(H,21,23). The van der Waals surface area contributed by atoms with Crippen molar-refractivity contribution >= 4 is 23.0 Å². The fourth-order valence-corrected chi connectivity index (χ4v) is 2.70. The Morgan fingerprint density at radius 1 is 1.17 bits per heavy atom. The zero-order valence-corrected chi connectivity index (χ0v) is 14.1. The van der Waals surface area contributed by atoms with Crippen LogP contribution in [-0.4, -0.2) is 12.5 Å². The van der Waals surface area contributed by atoms with Gasteiger partial charge in [0.25, 0.3) is 0 Å². The molecule has 0 bridgehead atoms. The van der Waals surface area contributed by atoms with Gasteiger partial charge in [-0.1, -0.05) is 37.3 Å². The van der Waals surface area contributed by atoms with E-state index >= 15 is 0 Å². The third-order valence-electron chi connectivity index (χ3n) is 3.88. The van der Waals surface area contributed by atoms with E-state index in [0.29, 0.717) is 11.4 Å². The Labute approximate surface area is 138 Å².